The molecule has 0 radical (unpaired) electrons. The minimum Gasteiger partial charge on any atom is -0.246 e. The Balaban J connectivity index is 2.08. The Morgan fingerprint density at radius 2 is 1.57 bits per heavy atom. The topological polar surface area (TPSA) is 50.7 Å². The van der Waals surface area contributed by atoms with Crippen LogP contribution in [0.5, 0.6) is 0 Å². The van der Waals surface area contributed by atoms with Gasteiger partial charge in [0.05, 0.1) is 11.3 Å². The molecule has 0 aliphatic carbocycles. The van der Waals surface area contributed by atoms with Crippen molar-refractivity contribution in [3.8, 4) is 17.1 Å². The minimum absolute atomic E-state index is 0.135. The molecule has 0 fully saturated rings. The van der Waals surface area contributed by atoms with Crippen LogP contribution in [-0.2, 0) is 6.18 Å². The summed E-state index contributed by atoms with van der Waals surface area (Å²) in [5, 5.41) is 6.06. The molecular weight excluding hydrogens is 314 g/mol. The third-order valence-corrected chi connectivity index (χ3v) is 3.23. The molecule has 3 rings (SSSR count). The maximum Gasteiger partial charge on any atom is 0.416 e. The Hall–Kier alpha value is -2.90. The van der Waals surface area contributed by atoms with E-state index in [2.05, 4.69) is 10.2 Å². The lowest BCUT2D eigenvalue weighted by molar-refractivity contribution is -0.137. The van der Waals surface area contributed by atoms with Gasteiger partial charge in [-0.1, -0.05) is 12.1 Å². The molecule has 1 N–H and O–H groups in total. The Morgan fingerprint density at radius 3 is 2.13 bits per heavy atom. The van der Waals surface area contributed by atoms with Crippen molar-refractivity contribution in [1.29, 1.82) is 0 Å². The van der Waals surface area contributed by atoms with Crippen molar-refractivity contribution in [2.24, 2.45) is 0 Å². The number of benzene rings is 2. The summed E-state index contributed by atoms with van der Waals surface area (Å²) in [5.74, 6) is -0.336. The van der Waals surface area contributed by atoms with Crippen LogP contribution in [0.2, 0.25) is 0 Å². The number of rotatable bonds is 2. The molecule has 4 nitrogen and oxygen atoms in total. The highest BCUT2D eigenvalue weighted by atomic mass is 19.4. The molecule has 118 valence electrons. The smallest absolute Gasteiger partial charge is 0.246 e. The van der Waals surface area contributed by atoms with E-state index >= 15 is 0 Å². The van der Waals surface area contributed by atoms with Gasteiger partial charge in [0.1, 0.15) is 5.82 Å². The summed E-state index contributed by atoms with van der Waals surface area (Å²) in [4.78, 5) is 11.9. The first-order chi connectivity index (χ1) is 10.9. The highest BCUT2D eigenvalue weighted by molar-refractivity contribution is 5.58. The molecule has 3 aromatic rings. The molecule has 0 unspecified atom stereocenters. The van der Waals surface area contributed by atoms with Crippen molar-refractivity contribution >= 4 is 0 Å². The molecule has 1 aromatic heterocycles. The molecule has 1 heterocycles. The summed E-state index contributed by atoms with van der Waals surface area (Å²) >= 11 is 0. The van der Waals surface area contributed by atoms with Crippen LogP contribution in [-0.4, -0.2) is 14.8 Å². The molecule has 0 bridgehead atoms. The molecule has 23 heavy (non-hydrogen) atoms. The second kappa shape index (κ2) is 5.38. The van der Waals surface area contributed by atoms with Gasteiger partial charge in [0.2, 0.25) is 0 Å². The van der Waals surface area contributed by atoms with E-state index in [1.165, 1.54) is 36.4 Å². The number of halogens is 4. The zero-order valence-corrected chi connectivity index (χ0v) is 11.4. The molecular formula is C15H9F4N3O. The van der Waals surface area contributed by atoms with Crippen molar-refractivity contribution in [2.75, 3.05) is 0 Å². The molecule has 0 saturated carbocycles. The number of alkyl halides is 3. The molecule has 0 atom stereocenters. The monoisotopic (exact) mass is 323 g/mol. The van der Waals surface area contributed by atoms with Crippen molar-refractivity contribution < 1.29 is 17.6 Å². The van der Waals surface area contributed by atoms with Crippen LogP contribution in [0.25, 0.3) is 17.1 Å². The van der Waals surface area contributed by atoms with Crippen LogP contribution in [0.3, 0.4) is 0 Å². The number of hydrogen-bond donors (Lipinski definition) is 1. The second-order valence-electron chi connectivity index (χ2n) is 4.74. The normalized spacial score (nSPS) is 11.7. The minimum atomic E-state index is -4.44. The fourth-order valence-corrected chi connectivity index (χ4v) is 2.13. The number of hydrogen-bond acceptors (Lipinski definition) is 2. The van der Waals surface area contributed by atoms with E-state index in [0.717, 1.165) is 16.7 Å². The van der Waals surface area contributed by atoms with E-state index in [4.69, 9.17) is 0 Å². The molecule has 8 heteroatoms. The van der Waals surface area contributed by atoms with Gasteiger partial charge >= 0.3 is 11.9 Å². The third kappa shape index (κ3) is 2.87. The first-order valence-corrected chi connectivity index (χ1v) is 6.47. The van der Waals surface area contributed by atoms with Crippen LogP contribution < -0.4 is 5.69 Å². The van der Waals surface area contributed by atoms with Gasteiger partial charge in [0.15, 0.2) is 5.82 Å². The zero-order valence-electron chi connectivity index (χ0n) is 11.4. The standard InChI is InChI=1S/C15H9F4N3O/c16-11-5-7-12(8-6-11)22-13(20-21-14(22)23)9-1-3-10(4-2-9)15(17,18)19/h1-8H,(H,21,23). The van der Waals surface area contributed by atoms with Gasteiger partial charge in [-0.2, -0.15) is 18.3 Å². The number of nitrogens with zero attached hydrogens (tertiary/aromatic N) is 2. The maximum absolute atomic E-state index is 13.0. The zero-order chi connectivity index (χ0) is 16.6. The summed E-state index contributed by atoms with van der Waals surface area (Å²) in [7, 11) is 0. The largest absolute Gasteiger partial charge is 0.416 e. The van der Waals surface area contributed by atoms with Crippen LogP contribution >= 0.6 is 0 Å². The predicted molar refractivity (Wildman–Crippen MR) is 74.6 cm³/mol. The van der Waals surface area contributed by atoms with E-state index in [1.807, 2.05) is 0 Å². The third-order valence-electron chi connectivity index (χ3n) is 3.23. The van der Waals surface area contributed by atoms with Gasteiger partial charge in [-0.05, 0) is 36.4 Å². The highest BCUT2D eigenvalue weighted by Crippen LogP contribution is 2.30. The number of nitrogens with one attached hydrogen (secondary N) is 1. The first kappa shape index (κ1) is 15.0. The van der Waals surface area contributed by atoms with Crippen molar-refractivity contribution in [3.63, 3.8) is 0 Å². The maximum atomic E-state index is 13.0. The van der Waals surface area contributed by atoms with Crippen molar-refractivity contribution in [3.05, 3.63) is 70.4 Å². The van der Waals surface area contributed by atoms with Gasteiger partial charge in [-0.15, -0.1) is 0 Å². The molecule has 2 aromatic carbocycles. The van der Waals surface area contributed by atoms with E-state index in [1.54, 1.807) is 0 Å². The summed E-state index contributed by atoms with van der Waals surface area (Å²) in [5.41, 5.74) is -0.709. The van der Waals surface area contributed by atoms with Crippen LogP contribution in [0.4, 0.5) is 17.6 Å². The molecule has 0 spiro atoms. The lowest BCUT2D eigenvalue weighted by atomic mass is 10.1. The molecule has 0 aliphatic heterocycles. The summed E-state index contributed by atoms with van der Waals surface area (Å²) < 4.78 is 51.9. The average Bonchev–Trinajstić information content (AvgIpc) is 2.89. The Bertz CT molecular complexity index is 877. The van der Waals surface area contributed by atoms with Crippen molar-refractivity contribution in [1.82, 2.24) is 14.8 Å². The SMILES string of the molecule is O=c1[nH]nc(-c2ccc(C(F)(F)F)cc2)n1-c1ccc(F)cc1. The fourth-order valence-electron chi connectivity index (χ4n) is 2.13. The molecule has 0 aliphatic rings. The predicted octanol–water partition coefficient (Wildman–Crippen LogP) is 3.39. The number of H-pyrrole nitrogens is 1. The van der Waals surface area contributed by atoms with E-state index in [0.29, 0.717) is 11.3 Å². The summed E-state index contributed by atoms with van der Waals surface area (Å²) in [6.07, 6.45) is -4.44. The summed E-state index contributed by atoms with van der Waals surface area (Å²) in [6, 6.07) is 9.35. The number of aromatic amines is 1. The van der Waals surface area contributed by atoms with Gasteiger partial charge in [-0.3, -0.25) is 0 Å². The first-order valence-electron chi connectivity index (χ1n) is 6.47. The average molecular weight is 323 g/mol. The Labute approximate surface area is 127 Å². The van der Waals surface area contributed by atoms with Crippen LogP contribution in [0.15, 0.2) is 53.3 Å². The lowest BCUT2D eigenvalue weighted by Crippen LogP contribution is -2.15. The molecule has 0 amide bonds. The van der Waals surface area contributed by atoms with E-state index < -0.39 is 23.2 Å². The lowest BCUT2D eigenvalue weighted by Gasteiger charge is -2.08. The second-order valence-corrected chi connectivity index (χ2v) is 4.74. The fraction of sp³-hybridized carbons (Fsp3) is 0.0667. The Kier molecular flexibility index (Phi) is 3.51. The van der Waals surface area contributed by atoms with Gasteiger partial charge in [0, 0.05) is 5.56 Å². The van der Waals surface area contributed by atoms with Gasteiger partial charge < -0.3 is 0 Å². The Morgan fingerprint density at radius 1 is 0.957 bits per heavy atom. The highest BCUT2D eigenvalue weighted by Gasteiger charge is 2.30. The summed E-state index contributed by atoms with van der Waals surface area (Å²) in [6.45, 7) is 0. The van der Waals surface area contributed by atoms with Crippen LogP contribution in [0, 0.1) is 5.82 Å². The van der Waals surface area contributed by atoms with Gasteiger partial charge in [0.25, 0.3) is 0 Å². The van der Waals surface area contributed by atoms with Crippen molar-refractivity contribution in [2.45, 2.75) is 6.18 Å². The van der Waals surface area contributed by atoms with E-state index in [9.17, 15) is 22.4 Å². The van der Waals surface area contributed by atoms with E-state index in [-0.39, 0.29) is 5.82 Å². The molecule has 0 saturated heterocycles. The quantitative estimate of drug-likeness (QED) is 0.735. The van der Waals surface area contributed by atoms with Gasteiger partial charge in [-0.25, -0.2) is 18.9 Å². The van der Waals surface area contributed by atoms with Crippen LogP contribution in [0.1, 0.15) is 5.56 Å². The number of aromatic nitrogens is 3.